The van der Waals surface area contributed by atoms with Crippen molar-refractivity contribution in [3.8, 4) is 0 Å². The molecule has 7 nitrogen and oxygen atoms in total. The number of carbonyl (C=O) groups excluding carboxylic acids is 2. The number of esters is 1. The maximum atomic E-state index is 12.0. The molecule has 0 saturated carbocycles. The number of hydrogen-bond donors (Lipinski definition) is 2. The van der Waals surface area contributed by atoms with Gasteiger partial charge in [-0.3, -0.25) is 4.79 Å². The average Bonchev–Trinajstić information content (AvgIpc) is 2.76. The summed E-state index contributed by atoms with van der Waals surface area (Å²) >= 11 is 0. The van der Waals surface area contributed by atoms with Gasteiger partial charge in [-0.1, -0.05) is 79.8 Å². The van der Waals surface area contributed by atoms with Crippen LogP contribution in [0.4, 0.5) is 0 Å². The van der Waals surface area contributed by atoms with Gasteiger partial charge in [0, 0.05) is 18.8 Å². The molecule has 0 amide bonds. The van der Waals surface area contributed by atoms with Gasteiger partial charge in [0.25, 0.3) is 0 Å². The van der Waals surface area contributed by atoms with Crippen LogP contribution in [0.2, 0.25) is 0 Å². The third-order valence-corrected chi connectivity index (χ3v) is 4.72. The Kier molecular flexibility index (Phi) is 18.9. The highest BCUT2D eigenvalue weighted by Crippen LogP contribution is 2.08. The summed E-state index contributed by atoms with van der Waals surface area (Å²) in [7, 11) is 5.69. The second kappa shape index (κ2) is 20.5. The lowest BCUT2D eigenvalue weighted by molar-refractivity contribution is -0.873. The predicted molar refractivity (Wildman–Crippen MR) is 143 cm³/mol. The standard InChI is InChI=1S/C29H45NO6/c1-5-6-13-18-25(31)19-14-10-8-7-9-11-15-20-26(32)21-16-12-17-22-29(35)36-27(23-28(33)34)24-30(2,3)4/h6,8-11,13-16,19-21,25-27,31-32H,5,7,12,17-18,22-24H2,1-4H3/b10-8+,11-9+,13-6+,19-14+,20-15+,21-16+. The first-order valence-corrected chi connectivity index (χ1v) is 12.6. The fraction of sp³-hybridized carbons (Fsp3) is 0.517. The minimum Gasteiger partial charge on any atom is -0.550 e. The largest absolute Gasteiger partial charge is 0.550 e. The van der Waals surface area contributed by atoms with E-state index in [0.29, 0.717) is 30.3 Å². The molecule has 0 heterocycles. The van der Waals surface area contributed by atoms with E-state index in [1.54, 1.807) is 30.4 Å². The van der Waals surface area contributed by atoms with Crippen LogP contribution >= 0.6 is 0 Å². The fourth-order valence-electron chi connectivity index (χ4n) is 3.09. The van der Waals surface area contributed by atoms with Crippen LogP contribution in [0.15, 0.2) is 72.9 Å². The number of quaternary nitrogens is 1. The summed E-state index contributed by atoms with van der Waals surface area (Å²) in [5.41, 5.74) is 0. The van der Waals surface area contributed by atoms with Gasteiger partial charge in [0.05, 0.1) is 33.4 Å². The summed E-state index contributed by atoms with van der Waals surface area (Å²) in [5, 5.41) is 30.6. The molecule has 0 fully saturated rings. The van der Waals surface area contributed by atoms with Gasteiger partial charge < -0.3 is 29.3 Å². The van der Waals surface area contributed by atoms with E-state index in [-0.39, 0.29) is 12.8 Å². The Hall–Kier alpha value is -2.74. The van der Waals surface area contributed by atoms with Crippen molar-refractivity contribution in [2.24, 2.45) is 0 Å². The molecule has 0 aromatic heterocycles. The molecule has 0 saturated heterocycles. The number of aliphatic hydroxyl groups is 2. The second-order valence-corrected chi connectivity index (χ2v) is 9.52. The molecule has 0 aliphatic rings. The number of ether oxygens (including phenoxy) is 1. The molecule has 36 heavy (non-hydrogen) atoms. The molecule has 0 aromatic rings. The molecule has 0 radical (unpaired) electrons. The van der Waals surface area contributed by atoms with Crippen molar-refractivity contribution in [1.82, 2.24) is 0 Å². The van der Waals surface area contributed by atoms with Crippen molar-refractivity contribution in [3.63, 3.8) is 0 Å². The van der Waals surface area contributed by atoms with Crippen molar-refractivity contribution >= 4 is 11.9 Å². The molecule has 0 bridgehead atoms. The molecular formula is C29H45NO6. The fourth-order valence-corrected chi connectivity index (χ4v) is 3.09. The normalized spacial score (nSPS) is 15.7. The Morgan fingerprint density at radius 1 is 0.917 bits per heavy atom. The highest BCUT2D eigenvalue weighted by Gasteiger charge is 2.22. The van der Waals surface area contributed by atoms with E-state index in [9.17, 15) is 24.9 Å². The molecule has 2 N–H and O–H groups in total. The zero-order valence-electron chi connectivity index (χ0n) is 22.3. The third kappa shape index (κ3) is 23.0. The summed E-state index contributed by atoms with van der Waals surface area (Å²) in [6.45, 7) is 2.45. The molecule has 0 aromatic carbocycles. The minimum atomic E-state index is -1.24. The van der Waals surface area contributed by atoms with E-state index in [1.807, 2.05) is 63.7 Å². The molecular weight excluding hydrogens is 458 g/mol. The van der Waals surface area contributed by atoms with Crippen LogP contribution in [-0.4, -0.2) is 72.6 Å². The molecule has 7 heteroatoms. The number of aliphatic hydroxyl groups excluding tert-OH is 2. The number of likely N-dealkylation sites (N-methyl/N-ethyl adjacent to an activating group) is 1. The minimum absolute atomic E-state index is 0.178. The van der Waals surface area contributed by atoms with E-state index in [0.717, 1.165) is 12.8 Å². The Balaban J connectivity index is 4.15. The smallest absolute Gasteiger partial charge is 0.306 e. The van der Waals surface area contributed by atoms with Gasteiger partial charge in [-0.15, -0.1) is 0 Å². The summed E-state index contributed by atoms with van der Waals surface area (Å²) in [5.74, 6) is -1.67. The van der Waals surface area contributed by atoms with Crippen LogP contribution in [0.3, 0.4) is 0 Å². The van der Waals surface area contributed by atoms with Crippen LogP contribution < -0.4 is 5.11 Å². The number of nitrogens with zero attached hydrogens (tertiary/aromatic N) is 1. The van der Waals surface area contributed by atoms with Crippen molar-refractivity contribution in [1.29, 1.82) is 0 Å². The molecule has 0 aliphatic heterocycles. The van der Waals surface area contributed by atoms with E-state index in [4.69, 9.17) is 4.74 Å². The number of carboxylic acid groups (broad SMARTS) is 1. The third-order valence-electron chi connectivity index (χ3n) is 4.72. The highest BCUT2D eigenvalue weighted by molar-refractivity contribution is 5.70. The lowest BCUT2D eigenvalue weighted by Gasteiger charge is -2.29. The topological polar surface area (TPSA) is 107 Å². The first-order chi connectivity index (χ1) is 17.0. The van der Waals surface area contributed by atoms with Crippen molar-refractivity contribution in [3.05, 3.63) is 72.9 Å². The Bertz CT molecular complexity index is 786. The summed E-state index contributed by atoms with van der Waals surface area (Å²) < 4.78 is 5.79. The van der Waals surface area contributed by atoms with Crippen LogP contribution in [-0.2, 0) is 14.3 Å². The SMILES string of the molecule is CC/C=C/CC(O)/C=C/C=C/C/C=C/C=C/C(O)/C=C/CCCC(=O)OC(CC(=O)[O-])C[N+](C)(C)C. The number of carbonyl (C=O) groups is 2. The molecule has 202 valence electrons. The van der Waals surface area contributed by atoms with Gasteiger partial charge in [-0.05, 0) is 32.1 Å². The van der Waals surface area contributed by atoms with Crippen molar-refractivity contribution < 1.29 is 34.1 Å². The second-order valence-electron chi connectivity index (χ2n) is 9.52. The van der Waals surface area contributed by atoms with E-state index in [1.165, 1.54) is 0 Å². The highest BCUT2D eigenvalue weighted by atomic mass is 16.5. The maximum Gasteiger partial charge on any atom is 0.306 e. The Labute approximate surface area is 217 Å². The number of rotatable bonds is 19. The van der Waals surface area contributed by atoms with E-state index in [2.05, 4.69) is 6.92 Å². The number of unbranched alkanes of at least 4 members (excludes halogenated alkanes) is 1. The summed E-state index contributed by atoms with van der Waals surface area (Å²) in [6.07, 6.45) is 23.6. The lowest BCUT2D eigenvalue weighted by Crippen LogP contribution is -2.45. The Morgan fingerprint density at radius 3 is 2.19 bits per heavy atom. The van der Waals surface area contributed by atoms with Crippen LogP contribution in [0.25, 0.3) is 0 Å². The van der Waals surface area contributed by atoms with Gasteiger partial charge in [0.2, 0.25) is 0 Å². The summed E-state index contributed by atoms with van der Waals surface area (Å²) in [4.78, 5) is 22.9. The quantitative estimate of drug-likeness (QED) is 0.0922. The zero-order valence-corrected chi connectivity index (χ0v) is 22.3. The Morgan fingerprint density at radius 2 is 1.58 bits per heavy atom. The van der Waals surface area contributed by atoms with E-state index < -0.39 is 30.3 Å². The lowest BCUT2D eigenvalue weighted by atomic mass is 10.2. The van der Waals surface area contributed by atoms with Crippen LogP contribution in [0.1, 0.15) is 51.9 Å². The van der Waals surface area contributed by atoms with Gasteiger partial charge >= 0.3 is 5.97 Å². The van der Waals surface area contributed by atoms with Gasteiger partial charge in [-0.2, -0.15) is 0 Å². The first-order valence-electron chi connectivity index (χ1n) is 12.6. The predicted octanol–water partition coefficient (Wildman–Crippen LogP) is 3.16. The van der Waals surface area contributed by atoms with Gasteiger partial charge in [0.1, 0.15) is 6.54 Å². The number of carboxylic acids is 1. The van der Waals surface area contributed by atoms with Crippen LogP contribution in [0, 0.1) is 0 Å². The number of aliphatic carboxylic acids is 1. The number of allylic oxidation sites excluding steroid dienone is 8. The molecule has 0 spiro atoms. The van der Waals surface area contributed by atoms with Crippen molar-refractivity contribution in [2.45, 2.75) is 70.2 Å². The van der Waals surface area contributed by atoms with Gasteiger partial charge in [-0.25, -0.2) is 0 Å². The maximum absolute atomic E-state index is 12.0. The molecule has 3 atom stereocenters. The first kappa shape index (κ1) is 33.3. The molecule has 3 unspecified atom stereocenters. The monoisotopic (exact) mass is 503 g/mol. The van der Waals surface area contributed by atoms with Crippen LogP contribution in [0.5, 0.6) is 0 Å². The van der Waals surface area contributed by atoms with Gasteiger partial charge in [0.15, 0.2) is 6.10 Å². The molecule has 0 rings (SSSR count). The van der Waals surface area contributed by atoms with E-state index >= 15 is 0 Å². The zero-order chi connectivity index (χ0) is 27.2. The molecule has 0 aliphatic carbocycles. The van der Waals surface area contributed by atoms with Crippen molar-refractivity contribution in [2.75, 3.05) is 27.7 Å². The average molecular weight is 504 g/mol. The number of hydrogen-bond acceptors (Lipinski definition) is 6. The summed E-state index contributed by atoms with van der Waals surface area (Å²) in [6, 6.07) is 0.